The van der Waals surface area contributed by atoms with Gasteiger partial charge in [0.05, 0.1) is 0 Å². The maximum absolute atomic E-state index is 12.4. The minimum atomic E-state index is -1.13. The first-order chi connectivity index (χ1) is 14.7. The second-order valence-corrected chi connectivity index (χ2v) is 6.66. The van der Waals surface area contributed by atoms with E-state index in [2.05, 4.69) is 0 Å². The molecule has 0 aromatic heterocycles. The third kappa shape index (κ3) is 4.32. The molecule has 0 aromatic carbocycles. The zero-order valence-corrected chi connectivity index (χ0v) is 18.0. The third-order valence-electron chi connectivity index (χ3n) is 4.99. The Morgan fingerprint density at radius 2 is 1.03 bits per heavy atom. The summed E-state index contributed by atoms with van der Waals surface area (Å²) in [7, 11) is 0. The number of amides is 8. The molecule has 0 atom stereocenters. The van der Waals surface area contributed by atoms with Crippen LogP contribution in [0.5, 0.6) is 0 Å². The molecule has 10 heteroatoms. The van der Waals surface area contributed by atoms with Crippen LogP contribution in [0.15, 0.2) is 36.0 Å². The predicted molar refractivity (Wildman–Crippen MR) is 110 cm³/mol. The minimum absolute atomic E-state index is 0.134. The molecule has 0 unspecified atom stereocenters. The Bertz CT molecular complexity index is 850. The van der Waals surface area contributed by atoms with E-state index < -0.39 is 41.6 Å². The Kier molecular flexibility index (Phi) is 7.62. The average molecular weight is 430 g/mol. The minimum Gasteiger partial charge on any atom is -0.273 e. The molecule has 2 aliphatic heterocycles. The highest BCUT2D eigenvalue weighted by atomic mass is 16.2. The number of nitrogens with zero attached hydrogens (tertiary/aromatic N) is 4. The van der Waals surface area contributed by atoms with Gasteiger partial charge >= 0.3 is 12.1 Å². The van der Waals surface area contributed by atoms with Gasteiger partial charge in [0.2, 0.25) is 11.8 Å². The van der Waals surface area contributed by atoms with E-state index in [1.54, 1.807) is 27.7 Å². The molecule has 0 radical (unpaired) electrons. The summed E-state index contributed by atoms with van der Waals surface area (Å²) in [5.41, 5.74) is -0.155. The van der Waals surface area contributed by atoms with Crippen LogP contribution in [0.25, 0.3) is 0 Å². The van der Waals surface area contributed by atoms with Gasteiger partial charge < -0.3 is 0 Å². The van der Waals surface area contributed by atoms with Gasteiger partial charge in [0.15, 0.2) is 0 Å². The van der Waals surface area contributed by atoms with Crippen LogP contribution >= 0.6 is 0 Å². The summed E-state index contributed by atoms with van der Waals surface area (Å²) in [6, 6.07) is -1.28. The number of imide groups is 4. The van der Waals surface area contributed by atoms with Crippen LogP contribution in [0.3, 0.4) is 0 Å². The topological polar surface area (TPSA) is 115 Å². The summed E-state index contributed by atoms with van der Waals surface area (Å²) < 4.78 is 0. The molecular weight excluding hydrogens is 404 g/mol. The maximum Gasteiger partial charge on any atom is 0.333 e. The van der Waals surface area contributed by atoms with E-state index in [0.29, 0.717) is 0 Å². The molecule has 0 spiro atoms. The summed E-state index contributed by atoms with van der Waals surface area (Å²) in [5, 5.41) is 0. The van der Waals surface area contributed by atoms with Gasteiger partial charge in [-0.3, -0.25) is 38.8 Å². The first kappa shape index (κ1) is 23.7. The van der Waals surface area contributed by atoms with Crippen LogP contribution in [-0.2, 0) is 19.2 Å². The van der Waals surface area contributed by atoms with Crippen LogP contribution in [0.2, 0.25) is 0 Å². The van der Waals surface area contributed by atoms with Crippen molar-refractivity contribution in [3.8, 4) is 0 Å². The van der Waals surface area contributed by atoms with Crippen LogP contribution in [0.4, 0.5) is 9.59 Å². The highest BCUT2D eigenvalue weighted by Gasteiger charge is 2.43. The van der Waals surface area contributed by atoms with E-state index >= 15 is 0 Å². The molecule has 10 nitrogen and oxygen atoms in total. The number of urea groups is 2. The SMILES string of the molecule is CCN1C(=O)C(=CC=CC=CC2C(=O)N(CC)C(=O)N(CC)C2=O)C(=O)N(CC)C1=O. The van der Waals surface area contributed by atoms with Crippen LogP contribution in [-0.4, -0.2) is 81.5 Å². The van der Waals surface area contributed by atoms with Crippen molar-refractivity contribution in [1.82, 2.24) is 19.6 Å². The molecule has 0 N–H and O–H groups in total. The van der Waals surface area contributed by atoms with Gasteiger partial charge in [0, 0.05) is 26.2 Å². The van der Waals surface area contributed by atoms with Gasteiger partial charge in [0.25, 0.3) is 11.8 Å². The monoisotopic (exact) mass is 430 g/mol. The van der Waals surface area contributed by atoms with Crippen LogP contribution in [0.1, 0.15) is 27.7 Å². The molecule has 0 aliphatic carbocycles. The molecule has 2 rings (SSSR count). The molecule has 166 valence electrons. The van der Waals surface area contributed by atoms with Crippen molar-refractivity contribution in [2.75, 3.05) is 26.2 Å². The maximum atomic E-state index is 12.4. The second kappa shape index (κ2) is 9.96. The Balaban J connectivity index is 2.21. The summed E-state index contributed by atoms with van der Waals surface area (Å²) >= 11 is 0. The second-order valence-electron chi connectivity index (χ2n) is 6.66. The predicted octanol–water partition coefficient (Wildman–Crippen LogP) is 1.30. The number of likely N-dealkylation sites (N-methyl/N-ethyl adjacent to an activating group) is 2. The number of rotatable bonds is 7. The van der Waals surface area contributed by atoms with Crippen molar-refractivity contribution in [1.29, 1.82) is 0 Å². The number of barbiturate groups is 2. The zero-order valence-electron chi connectivity index (χ0n) is 18.0. The number of carbonyl (C=O) groups is 6. The third-order valence-corrected chi connectivity index (χ3v) is 4.99. The summed E-state index contributed by atoms with van der Waals surface area (Å²) in [6.45, 7) is 7.14. The van der Waals surface area contributed by atoms with Crippen molar-refractivity contribution in [3.05, 3.63) is 36.0 Å². The fourth-order valence-corrected chi connectivity index (χ4v) is 3.32. The smallest absolute Gasteiger partial charge is 0.273 e. The van der Waals surface area contributed by atoms with Crippen LogP contribution in [0, 0.1) is 5.92 Å². The van der Waals surface area contributed by atoms with Gasteiger partial charge in [-0.2, -0.15) is 0 Å². The van der Waals surface area contributed by atoms with E-state index in [1.165, 1.54) is 30.4 Å². The largest absolute Gasteiger partial charge is 0.333 e. The highest BCUT2D eigenvalue weighted by molar-refractivity contribution is 6.28. The van der Waals surface area contributed by atoms with Gasteiger partial charge in [0.1, 0.15) is 11.5 Å². The quantitative estimate of drug-likeness (QED) is 0.260. The van der Waals surface area contributed by atoms with Crippen molar-refractivity contribution >= 4 is 35.7 Å². The Hall–Kier alpha value is -3.56. The highest BCUT2D eigenvalue weighted by Crippen LogP contribution is 2.19. The van der Waals surface area contributed by atoms with Gasteiger partial charge in [-0.25, -0.2) is 9.59 Å². The fourth-order valence-electron chi connectivity index (χ4n) is 3.32. The van der Waals surface area contributed by atoms with E-state index in [1.807, 2.05) is 0 Å². The molecule has 2 aliphatic rings. The van der Waals surface area contributed by atoms with Crippen LogP contribution < -0.4 is 0 Å². The van der Waals surface area contributed by atoms with Crippen molar-refractivity contribution in [2.24, 2.45) is 5.92 Å². The Morgan fingerprint density at radius 1 is 0.613 bits per heavy atom. The van der Waals surface area contributed by atoms with Gasteiger partial charge in [-0.15, -0.1) is 0 Å². The van der Waals surface area contributed by atoms with Gasteiger partial charge in [-0.05, 0) is 33.8 Å². The number of carbonyl (C=O) groups excluding carboxylic acids is 6. The standard InChI is InChI=1S/C21H26N4O6/c1-5-22-16(26)14(17(27)23(6-2)20(22)30)12-10-9-11-13-15-18(28)24(7-3)21(31)25(8-4)19(15)29/h9-14H,5-8H2,1-4H3. The molecule has 0 bridgehead atoms. The van der Waals surface area contributed by atoms with E-state index in [0.717, 1.165) is 19.6 Å². The molecule has 2 fully saturated rings. The molecule has 2 saturated heterocycles. The van der Waals surface area contributed by atoms with E-state index in [4.69, 9.17) is 0 Å². The summed E-state index contributed by atoms with van der Waals surface area (Å²) in [5.74, 6) is -3.68. The normalized spacial score (nSPS) is 19.2. The molecule has 0 saturated carbocycles. The van der Waals surface area contributed by atoms with E-state index in [9.17, 15) is 28.8 Å². The molecule has 8 amide bonds. The fraction of sp³-hybridized carbons (Fsp3) is 0.429. The lowest BCUT2D eigenvalue weighted by Gasteiger charge is -2.34. The number of allylic oxidation sites excluding steroid dienone is 4. The summed E-state index contributed by atoms with van der Waals surface area (Å²) in [4.78, 5) is 78.0. The van der Waals surface area contributed by atoms with Gasteiger partial charge in [-0.1, -0.05) is 24.3 Å². The molecule has 0 aromatic rings. The van der Waals surface area contributed by atoms with Crippen molar-refractivity contribution < 1.29 is 28.8 Å². The summed E-state index contributed by atoms with van der Waals surface area (Å²) in [6.07, 6.45) is 6.96. The molecule has 2 heterocycles. The zero-order chi connectivity index (χ0) is 23.3. The lowest BCUT2D eigenvalue weighted by molar-refractivity contribution is -0.146. The Labute approximate surface area is 180 Å². The lowest BCUT2D eigenvalue weighted by atomic mass is 10.0. The first-order valence-corrected chi connectivity index (χ1v) is 10.1. The number of hydrogen-bond donors (Lipinski definition) is 0. The van der Waals surface area contributed by atoms with Crippen molar-refractivity contribution in [3.63, 3.8) is 0 Å². The van der Waals surface area contributed by atoms with Crippen molar-refractivity contribution in [2.45, 2.75) is 27.7 Å². The Morgan fingerprint density at radius 3 is 1.45 bits per heavy atom. The number of hydrogen-bond acceptors (Lipinski definition) is 6. The van der Waals surface area contributed by atoms with E-state index in [-0.39, 0.29) is 31.8 Å². The average Bonchev–Trinajstić information content (AvgIpc) is 2.73. The first-order valence-electron chi connectivity index (χ1n) is 10.1. The molecule has 31 heavy (non-hydrogen) atoms. The molecular formula is C21H26N4O6. The lowest BCUT2D eigenvalue weighted by Crippen LogP contribution is -2.59.